The largest absolute Gasteiger partial charge is 0.435 e. The van der Waals surface area contributed by atoms with Gasteiger partial charge in [-0.1, -0.05) is 19.1 Å². The van der Waals surface area contributed by atoms with E-state index in [1.165, 1.54) is 5.75 Å². The Bertz CT molecular complexity index is 416. The van der Waals surface area contributed by atoms with E-state index in [1.54, 1.807) is 18.2 Å². The maximum atomic E-state index is 12.2. The lowest BCUT2D eigenvalue weighted by Gasteiger charge is -2.22. The Morgan fingerprint density at radius 2 is 2.21 bits per heavy atom. The number of hydrogen-bond acceptors (Lipinski definition) is 3. The van der Waals surface area contributed by atoms with Crippen LogP contribution in [0.4, 0.5) is 8.78 Å². The molecule has 0 aromatic heterocycles. The number of thioether (sulfide) groups is 1. The summed E-state index contributed by atoms with van der Waals surface area (Å²) in [6.45, 7) is 1.50. The molecular formula is C14H19F2NOS. The van der Waals surface area contributed by atoms with Gasteiger partial charge in [0.2, 0.25) is 0 Å². The summed E-state index contributed by atoms with van der Waals surface area (Å²) < 4.78 is 28.8. The maximum Gasteiger partial charge on any atom is 0.387 e. The third kappa shape index (κ3) is 4.08. The van der Waals surface area contributed by atoms with Crippen molar-refractivity contribution in [3.05, 3.63) is 29.8 Å². The molecule has 1 fully saturated rings. The third-order valence-corrected chi connectivity index (χ3v) is 4.75. The minimum Gasteiger partial charge on any atom is -0.435 e. The standard InChI is InChI=1S/C14H19F2NOS/c1-9(17-13-6-7-19-10(13)2)11-4-3-5-12(8-11)18-14(15)16/h3-5,8-10,13-14,17H,6-7H2,1-2H3. The third-order valence-electron chi connectivity index (χ3n) is 3.42. The van der Waals surface area contributed by atoms with Crippen LogP contribution < -0.4 is 10.1 Å². The van der Waals surface area contributed by atoms with Crippen LogP contribution in [0.2, 0.25) is 0 Å². The second kappa shape index (κ2) is 6.57. The van der Waals surface area contributed by atoms with E-state index in [1.807, 2.05) is 17.8 Å². The molecule has 3 unspecified atom stereocenters. The predicted molar refractivity (Wildman–Crippen MR) is 74.9 cm³/mol. The predicted octanol–water partition coefficient (Wildman–Crippen LogP) is 3.83. The molecule has 0 amide bonds. The highest BCUT2D eigenvalue weighted by Gasteiger charge is 2.25. The molecule has 19 heavy (non-hydrogen) atoms. The molecule has 0 bridgehead atoms. The van der Waals surface area contributed by atoms with Crippen molar-refractivity contribution in [3.63, 3.8) is 0 Å². The molecule has 0 saturated carbocycles. The summed E-state index contributed by atoms with van der Waals surface area (Å²) in [6, 6.07) is 7.53. The highest BCUT2D eigenvalue weighted by atomic mass is 32.2. The molecule has 1 aliphatic heterocycles. The summed E-state index contributed by atoms with van der Waals surface area (Å²) in [5.74, 6) is 1.40. The molecule has 5 heteroatoms. The minimum atomic E-state index is -2.77. The molecule has 2 rings (SSSR count). The zero-order valence-electron chi connectivity index (χ0n) is 11.1. The summed E-state index contributed by atoms with van der Waals surface area (Å²) in [6.07, 6.45) is 1.16. The van der Waals surface area contributed by atoms with Gasteiger partial charge in [-0.3, -0.25) is 0 Å². The quantitative estimate of drug-likeness (QED) is 0.889. The number of nitrogens with one attached hydrogen (secondary N) is 1. The molecule has 1 saturated heterocycles. The Labute approximate surface area is 116 Å². The van der Waals surface area contributed by atoms with Gasteiger partial charge in [-0.15, -0.1) is 0 Å². The van der Waals surface area contributed by atoms with E-state index >= 15 is 0 Å². The van der Waals surface area contributed by atoms with E-state index in [-0.39, 0.29) is 11.8 Å². The van der Waals surface area contributed by atoms with Crippen molar-refractivity contribution in [1.82, 2.24) is 5.32 Å². The van der Waals surface area contributed by atoms with Crippen LogP contribution in [-0.2, 0) is 0 Å². The smallest absolute Gasteiger partial charge is 0.387 e. The molecule has 3 atom stereocenters. The van der Waals surface area contributed by atoms with Crippen LogP contribution in [0.5, 0.6) is 5.75 Å². The van der Waals surface area contributed by atoms with Crippen LogP contribution in [0.25, 0.3) is 0 Å². The number of halogens is 2. The van der Waals surface area contributed by atoms with Crippen LogP contribution in [0.15, 0.2) is 24.3 Å². The van der Waals surface area contributed by atoms with Crippen molar-refractivity contribution in [2.45, 2.75) is 44.2 Å². The Morgan fingerprint density at radius 1 is 1.42 bits per heavy atom. The fourth-order valence-corrected chi connectivity index (χ4v) is 3.54. The molecule has 1 aliphatic rings. The van der Waals surface area contributed by atoms with Gasteiger partial charge < -0.3 is 10.1 Å². The van der Waals surface area contributed by atoms with Crippen molar-refractivity contribution in [1.29, 1.82) is 0 Å². The Kier molecular flexibility index (Phi) is 5.05. The van der Waals surface area contributed by atoms with Gasteiger partial charge in [0, 0.05) is 17.3 Å². The van der Waals surface area contributed by atoms with E-state index in [4.69, 9.17) is 0 Å². The van der Waals surface area contributed by atoms with Crippen LogP contribution in [0.1, 0.15) is 31.9 Å². The van der Waals surface area contributed by atoms with Crippen molar-refractivity contribution in [2.24, 2.45) is 0 Å². The van der Waals surface area contributed by atoms with E-state index < -0.39 is 6.61 Å². The first kappa shape index (κ1) is 14.6. The van der Waals surface area contributed by atoms with Crippen molar-refractivity contribution in [2.75, 3.05) is 5.75 Å². The summed E-state index contributed by atoms with van der Waals surface area (Å²) in [7, 11) is 0. The van der Waals surface area contributed by atoms with Gasteiger partial charge in [0.25, 0.3) is 0 Å². The highest BCUT2D eigenvalue weighted by Crippen LogP contribution is 2.29. The fourth-order valence-electron chi connectivity index (χ4n) is 2.33. The zero-order chi connectivity index (χ0) is 13.8. The average molecular weight is 287 g/mol. The van der Waals surface area contributed by atoms with Crippen LogP contribution in [0.3, 0.4) is 0 Å². The molecular weight excluding hydrogens is 268 g/mol. The van der Waals surface area contributed by atoms with Gasteiger partial charge in [0.05, 0.1) is 0 Å². The van der Waals surface area contributed by atoms with Crippen LogP contribution in [-0.4, -0.2) is 23.7 Å². The van der Waals surface area contributed by atoms with Gasteiger partial charge in [-0.05, 0) is 36.8 Å². The molecule has 2 nitrogen and oxygen atoms in total. The number of rotatable bonds is 5. The maximum absolute atomic E-state index is 12.2. The van der Waals surface area contributed by atoms with Crippen LogP contribution in [0, 0.1) is 0 Å². The van der Waals surface area contributed by atoms with Gasteiger partial charge in [0.1, 0.15) is 5.75 Å². The zero-order valence-corrected chi connectivity index (χ0v) is 11.9. The van der Waals surface area contributed by atoms with Crippen molar-refractivity contribution in [3.8, 4) is 5.75 Å². The fraction of sp³-hybridized carbons (Fsp3) is 0.571. The second-order valence-corrected chi connectivity index (χ2v) is 6.30. The summed E-state index contributed by atoms with van der Waals surface area (Å²) in [5.41, 5.74) is 0.974. The highest BCUT2D eigenvalue weighted by molar-refractivity contribution is 8.00. The molecule has 0 spiro atoms. The Morgan fingerprint density at radius 3 is 2.84 bits per heavy atom. The molecule has 1 aromatic rings. The lowest BCUT2D eigenvalue weighted by Crippen LogP contribution is -2.35. The monoisotopic (exact) mass is 287 g/mol. The second-order valence-electron chi connectivity index (χ2n) is 4.81. The lowest BCUT2D eigenvalue weighted by molar-refractivity contribution is -0.0499. The van der Waals surface area contributed by atoms with Gasteiger partial charge in [0.15, 0.2) is 0 Å². The van der Waals surface area contributed by atoms with E-state index in [9.17, 15) is 8.78 Å². The first-order valence-electron chi connectivity index (χ1n) is 6.48. The molecule has 106 valence electrons. The number of alkyl halides is 2. The molecule has 0 aliphatic carbocycles. The number of ether oxygens (including phenoxy) is 1. The number of benzene rings is 1. The number of hydrogen-bond donors (Lipinski definition) is 1. The van der Waals surface area contributed by atoms with Crippen molar-refractivity contribution >= 4 is 11.8 Å². The molecule has 1 heterocycles. The topological polar surface area (TPSA) is 21.3 Å². The van der Waals surface area contributed by atoms with E-state index in [2.05, 4.69) is 23.9 Å². The summed E-state index contributed by atoms with van der Waals surface area (Å²) in [4.78, 5) is 0. The van der Waals surface area contributed by atoms with E-state index in [0.29, 0.717) is 11.3 Å². The Hall–Kier alpha value is -0.810. The average Bonchev–Trinajstić information content (AvgIpc) is 2.74. The van der Waals surface area contributed by atoms with Crippen molar-refractivity contribution < 1.29 is 13.5 Å². The van der Waals surface area contributed by atoms with Crippen LogP contribution >= 0.6 is 11.8 Å². The minimum absolute atomic E-state index is 0.132. The summed E-state index contributed by atoms with van der Waals surface area (Å²) in [5, 5.41) is 4.16. The van der Waals surface area contributed by atoms with E-state index in [0.717, 1.165) is 12.0 Å². The Balaban J connectivity index is 2.00. The summed E-state index contributed by atoms with van der Waals surface area (Å²) >= 11 is 1.97. The van der Waals surface area contributed by atoms with Gasteiger partial charge >= 0.3 is 6.61 Å². The van der Waals surface area contributed by atoms with Gasteiger partial charge in [-0.2, -0.15) is 20.5 Å². The lowest BCUT2D eigenvalue weighted by atomic mass is 10.1. The first-order valence-corrected chi connectivity index (χ1v) is 7.53. The normalized spacial score (nSPS) is 24.7. The molecule has 1 N–H and O–H groups in total. The molecule has 0 radical (unpaired) electrons. The SMILES string of the molecule is CC(NC1CCSC1C)c1cccc(OC(F)F)c1. The van der Waals surface area contributed by atoms with Gasteiger partial charge in [-0.25, -0.2) is 0 Å². The molecule has 1 aromatic carbocycles. The first-order chi connectivity index (χ1) is 9.06.